The van der Waals surface area contributed by atoms with E-state index in [4.69, 9.17) is 11.6 Å². The summed E-state index contributed by atoms with van der Waals surface area (Å²) in [5.41, 5.74) is 2.51. The molecule has 1 aliphatic heterocycles. The van der Waals surface area contributed by atoms with Gasteiger partial charge in [0.1, 0.15) is 0 Å². The maximum absolute atomic E-state index is 12.8. The zero-order valence-corrected chi connectivity index (χ0v) is 32.5. The molecule has 0 saturated carbocycles. The molecule has 0 spiro atoms. The largest absolute Gasteiger partial charge is 0.388 e. The maximum atomic E-state index is 12.8. The lowest BCUT2D eigenvalue weighted by Crippen LogP contribution is -2.47. The van der Waals surface area contributed by atoms with Crippen molar-refractivity contribution in [3.63, 3.8) is 0 Å². The van der Waals surface area contributed by atoms with Crippen LogP contribution < -0.4 is 16.2 Å². The van der Waals surface area contributed by atoms with Crippen molar-refractivity contribution >= 4 is 57.3 Å². The van der Waals surface area contributed by atoms with E-state index in [-0.39, 0.29) is 23.9 Å². The molecule has 0 aliphatic carbocycles. The van der Waals surface area contributed by atoms with Gasteiger partial charge in [0.15, 0.2) is 0 Å². The number of benzene rings is 3. The summed E-state index contributed by atoms with van der Waals surface area (Å²) in [7, 11) is 3.81. The van der Waals surface area contributed by atoms with E-state index in [1.54, 1.807) is 47.5 Å². The van der Waals surface area contributed by atoms with Crippen LogP contribution in [0.1, 0.15) is 54.9 Å². The van der Waals surface area contributed by atoms with E-state index in [0.717, 1.165) is 36.6 Å². The van der Waals surface area contributed by atoms with Gasteiger partial charge in [0.05, 0.1) is 39.9 Å². The summed E-state index contributed by atoms with van der Waals surface area (Å²) in [6.45, 7) is 4.65. The summed E-state index contributed by atoms with van der Waals surface area (Å²) < 4.78 is 1.41. The number of nitrogens with one attached hydrogen (secondary N) is 2. The summed E-state index contributed by atoms with van der Waals surface area (Å²) in [6, 6.07) is 22.7. The molecule has 3 aromatic carbocycles. The molecule has 0 radical (unpaired) electrons. The van der Waals surface area contributed by atoms with Crippen LogP contribution in [0.5, 0.6) is 0 Å². The number of aromatic nitrogens is 3. The smallest absolute Gasteiger partial charge is 0.261 e. The number of fused-ring (bicyclic) bond motifs is 2. The zero-order valence-electron chi connectivity index (χ0n) is 31.7. The van der Waals surface area contributed by atoms with Crippen LogP contribution in [0.3, 0.4) is 0 Å². The highest BCUT2D eigenvalue weighted by atomic mass is 35.5. The monoisotopic (exact) mass is 767 g/mol. The van der Waals surface area contributed by atoms with E-state index in [9.17, 15) is 24.3 Å². The van der Waals surface area contributed by atoms with Crippen LogP contribution in [0, 0.1) is 5.92 Å². The Balaban J connectivity index is 0.000000212. The van der Waals surface area contributed by atoms with Crippen molar-refractivity contribution in [2.24, 2.45) is 5.92 Å². The second-order valence-corrected chi connectivity index (χ2v) is 15.0. The normalized spacial score (nSPS) is 14.3. The lowest BCUT2D eigenvalue weighted by atomic mass is 9.91. The summed E-state index contributed by atoms with van der Waals surface area (Å²) in [5, 5.41) is 18.5. The fourth-order valence-corrected chi connectivity index (χ4v) is 6.76. The van der Waals surface area contributed by atoms with Gasteiger partial charge in [-0.1, -0.05) is 54.9 Å². The van der Waals surface area contributed by atoms with Crippen LogP contribution in [0.4, 0.5) is 5.69 Å². The first-order valence-electron chi connectivity index (χ1n) is 18.6. The Bertz CT molecular complexity index is 2130. The first kappa shape index (κ1) is 41.0. The van der Waals surface area contributed by atoms with Gasteiger partial charge in [-0.15, -0.1) is 0 Å². The minimum atomic E-state index is -1.04. The van der Waals surface area contributed by atoms with E-state index in [1.165, 1.54) is 16.5 Å². The number of carbonyl (C=O) groups is 3. The van der Waals surface area contributed by atoms with Crippen LogP contribution in [0.25, 0.3) is 21.8 Å². The van der Waals surface area contributed by atoms with E-state index < -0.39 is 5.60 Å². The van der Waals surface area contributed by atoms with Gasteiger partial charge < -0.3 is 25.5 Å². The molecule has 0 bridgehead atoms. The number of halogens is 1. The standard InChI is InChI=1S/C22H23ClN2O.C20H27N5O4/c1-16(14-17-7-3-2-4-8-17)6-5-12-25-22(26)18-9-10-19-20(23)11-13-24-21(19)15-18;1-23(2)8-5-18(27)22-15-3-4-16-17(11-15)21-13-25(19(16)28)12-20(29)6-9-24(14-26)10-7-20/h2-4,7-11,13,15-16H,5-6,12,14H2,1H3,(H,25,26);3-4,11,13-14,29H,5-10,12H2,1-2H3,(H,22,27). The molecule has 12 nitrogen and oxygen atoms in total. The molecule has 1 unspecified atom stereocenters. The third-order valence-electron chi connectivity index (χ3n) is 9.78. The second-order valence-electron chi connectivity index (χ2n) is 14.6. The predicted octanol–water partition coefficient (Wildman–Crippen LogP) is 5.55. The number of hydrogen-bond donors (Lipinski definition) is 3. The van der Waals surface area contributed by atoms with Gasteiger partial charge in [-0.05, 0) is 94.1 Å². The third kappa shape index (κ3) is 11.9. The second kappa shape index (κ2) is 19.4. The van der Waals surface area contributed by atoms with Crippen LogP contribution in [-0.2, 0) is 22.6 Å². The van der Waals surface area contributed by atoms with Crippen molar-refractivity contribution in [3.05, 3.63) is 112 Å². The minimum absolute atomic E-state index is 0.0654. The molecule has 3 amide bonds. The SMILES string of the molecule is CC(CCCNC(=O)c1ccc2c(Cl)ccnc2c1)Cc1ccccc1.CN(C)CCC(=O)Nc1ccc2c(=O)n(CC3(O)CCN(C=O)CC3)cnc2c1. The summed E-state index contributed by atoms with van der Waals surface area (Å²) in [6.07, 6.45) is 8.18. The molecule has 290 valence electrons. The third-order valence-corrected chi connectivity index (χ3v) is 10.1. The summed E-state index contributed by atoms with van der Waals surface area (Å²) in [5.74, 6) is 0.431. The lowest BCUT2D eigenvalue weighted by molar-refractivity contribution is -0.122. The first-order chi connectivity index (χ1) is 26.4. The Labute approximate surface area is 326 Å². The Morgan fingerprint density at radius 1 is 1.00 bits per heavy atom. The van der Waals surface area contributed by atoms with Crippen molar-refractivity contribution < 1.29 is 19.5 Å². The van der Waals surface area contributed by atoms with Crippen molar-refractivity contribution in [1.82, 2.24) is 29.7 Å². The molecule has 55 heavy (non-hydrogen) atoms. The number of hydrogen-bond acceptors (Lipinski definition) is 8. The zero-order chi connectivity index (χ0) is 39.4. The molecule has 2 aromatic heterocycles. The molecule has 1 atom stereocenters. The fraction of sp³-hybridized carbons (Fsp3) is 0.381. The highest BCUT2D eigenvalue weighted by Crippen LogP contribution is 2.24. The molecule has 3 heterocycles. The molecule has 1 fully saturated rings. The van der Waals surface area contributed by atoms with Crippen LogP contribution >= 0.6 is 11.6 Å². The van der Waals surface area contributed by atoms with Gasteiger partial charge in [-0.25, -0.2) is 4.98 Å². The maximum Gasteiger partial charge on any atom is 0.261 e. The highest BCUT2D eigenvalue weighted by Gasteiger charge is 2.32. The Kier molecular flexibility index (Phi) is 14.5. The van der Waals surface area contributed by atoms with Gasteiger partial charge in [-0.2, -0.15) is 0 Å². The van der Waals surface area contributed by atoms with Gasteiger partial charge in [0.25, 0.3) is 11.5 Å². The summed E-state index contributed by atoms with van der Waals surface area (Å²) >= 11 is 6.14. The number of likely N-dealkylation sites (tertiary alicyclic amines) is 1. The number of nitrogens with zero attached hydrogens (tertiary/aromatic N) is 5. The summed E-state index contributed by atoms with van der Waals surface area (Å²) in [4.78, 5) is 60.2. The highest BCUT2D eigenvalue weighted by molar-refractivity contribution is 6.35. The van der Waals surface area contributed by atoms with Crippen molar-refractivity contribution in [2.75, 3.05) is 45.6 Å². The van der Waals surface area contributed by atoms with Crippen molar-refractivity contribution in [1.29, 1.82) is 0 Å². The van der Waals surface area contributed by atoms with Gasteiger partial charge >= 0.3 is 0 Å². The molecular weight excluding hydrogens is 718 g/mol. The molecule has 1 aliphatic rings. The van der Waals surface area contributed by atoms with Crippen LogP contribution in [0.15, 0.2) is 90.1 Å². The van der Waals surface area contributed by atoms with Crippen molar-refractivity contribution in [2.45, 2.75) is 57.6 Å². The Hall–Kier alpha value is -5.17. The van der Waals surface area contributed by atoms with Gasteiger partial charge in [0.2, 0.25) is 12.3 Å². The number of pyridine rings is 1. The number of amides is 3. The minimum Gasteiger partial charge on any atom is -0.388 e. The average Bonchev–Trinajstić information content (AvgIpc) is 3.17. The topological polar surface area (TPSA) is 150 Å². The average molecular weight is 768 g/mol. The molecule has 5 aromatic rings. The predicted molar refractivity (Wildman–Crippen MR) is 217 cm³/mol. The van der Waals surface area contributed by atoms with Gasteiger partial charge in [-0.3, -0.25) is 28.7 Å². The number of piperidine rings is 1. The lowest BCUT2D eigenvalue weighted by Gasteiger charge is -2.36. The van der Waals surface area contributed by atoms with E-state index in [2.05, 4.69) is 51.8 Å². The fourth-order valence-electron chi connectivity index (χ4n) is 6.55. The molecule has 6 rings (SSSR count). The molecule has 1 saturated heterocycles. The van der Waals surface area contributed by atoms with Crippen LogP contribution in [-0.4, -0.2) is 93.5 Å². The van der Waals surface area contributed by atoms with E-state index in [0.29, 0.717) is 78.5 Å². The van der Waals surface area contributed by atoms with E-state index in [1.807, 2.05) is 31.1 Å². The number of rotatable bonds is 14. The van der Waals surface area contributed by atoms with Crippen molar-refractivity contribution in [3.8, 4) is 0 Å². The number of carbonyl (C=O) groups excluding carboxylic acids is 3. The molecular formula is C42H50ClN7O5. The van der Waals surface area contributed by atoms with Gasteiger partial charge in [0, 0.05) is 55.4 Å². The Morgan fingerprint density at radius 2 is 1.73 bits per heavy atom. The number of aliphatic hydroxyl groups is 1. The quantitative estimate of drug-likeness (QED) is 0.0985. The Morgan fingerprint density at radius 3 is 2.45 bits per heavy atom. The molecule has 13 heteroatoms. The number of anilines is 1. The van der Waals surface area contributed by atoms with Crippen LogP contribution in [0.2, 0.25) is 5.02 Å². The van der Waals surface area contributed by atoms with E-state index >= 15 is 0 Å². The molecule has 3 N–H and O–H groups in total. The first-order valence-corrected chi connectivity index (χ1v) is 19.0.